The van der Waals surface area contributed by atoms with Crippen LogP contribution in [-0.4, -0.2) is 32.6 Å². The summed E-state index contributed by atoms with van der Waals surface area (Å²) in [6.07, 6.45) is 10.3. The molecule has 6 atom stereocenters. The van der Waals surface area contributed by atoms with E-state index in [2.05, 4.69) is 50.8 Å². The minimum absolute atomic E-state index is 0.429. The van der Waals surface area contributed by atoms with Crippen LogP contribution < -0.4 is 14.4 Å². The van der Waals surface area contributed by atoms with Crippen molar-refractivity contribution in [3.63, 3.8) is 0 Å². The summed E-state index contributed by atoms with van der Waals surface area (Å²) in [5.74, 6) is 6.01. The van der Waals surface area contributed by atoms with E-state index in [9.17, 15) is 4.79 Å². The average Bonchev–Trinajstić information content (AvgIpc) is 3.21. The van der Waals surface area contributed by atoms with Gasteiger partial charge in [-0.15, -0.1) is 0 Å². The Bertz CT molecular complexity index is 995. The number of methoxy groups -OCH3 is 1. The number of ketones is 1. The molecule has 0 aliphatic heterocycles. The van der Waals surface area contributed by atoms with Crippen LogP contribution in [0.15, 0.2) is 29.3 Å². The molecule has 0 aromatic heterocycles. The standard InChI is InChI=1S/C32H47NO3/c1-6-33(7-2)24-9-13-29(30(20-24)35-5)36-17-15-23-8-12-28-31-21(3)18-22-19-25(34)10-11-26(22)27(31)14-16-32(23,28)4/h9,13,20-21,23,27-28,31H,6-8,10-12,14-19H2,1-5H3/t21-,23?,27?,28?,31?,32?/m1/s1. The van der Waals surface area contributed by atoms with E-state index in [1.165, 1.54) is 43.4 Å². The fourth-order valence-electron chi connectivity index (χ4n) is 8.92. The first kappa shape index (κ1) is 25.7. The SMILES string of the molecule is CCN(CC)c1ccc(OCCC2CCC3C4C(CCC23C)C2=C(CC(=O)CC2)C[C@H]4C)c(OC)c1. The lowest BCUT2D eigenvalue weighted by atomic mass is 9.50. The van der Waals surface area contributed by atoms with Gasteiger partial charge < -0.3 is 14.4 Å². The number of benzene rings is 1. The Morgan fingerprint density at radius 2 is 1.89 bits per heavy atom. The molecule has 4 heteroatoms. The number of fused-ring (bicyclic) bond motifs is 4. The summed E-state index contributed by atoms with van der Waals surface area (Å²) in [7, 11) is 1.74. The van der Waals surface area contributed by atoms with E-state index in [-0.39, 0.29) is 0 Å². The maximum atomic E-state index is 12.1. The van der Waals surface area contributed by atoms with Crippen molar-refractivity contribution in [1.82, 2.24) is 0 Å². The summed E-state index contributed by atoms with van der Waals surface area (Å²) in [5.41, 5.74) is 4.87. The lowest BCUT2D eigenvalue weighted by molar-refractivity contribution is -0.119. The molecule has 198 valence electrons. The van der Waals surface area contributed by atoms with E-state index >= 15 is 0 Å². The van der Waals surface area contributed by atoms with Crippen LogP contribution in [0.1, 0.15) is 85.5 Å². The number of carbonyl (C=O) groups is 1. The van der Waals surface area contributed by atoms with Gasteiger partial charge in [-0.25, -0.2) is 0 Å². The number of carbonyl (C=O) groups excluding carboxylic acids is 1. The van der Waals surface area contributed by atoms with Crippen molar-refractivity contribution in [2.45, 2.75) is 85.5 Å². The van der Waals surface area contributed by atoms with Crippen LogP contribution in [0.25, 0.3) is 0 Å². The van der Waals surface area contributed by atoms with Gasteiger partial charge in [-0.05, 0) is 106 Å². The highest BCUT2D eigenvalue weighted by Crippen LogP contribution is 2.64. The quantitative estimate of drug-likeness (QED) is 0.352. The van der Waals surface area contributed by atoms with Gasteiger partial charge in [0.2, 0.25) is 0 Å². The van der Waals surface area contributed by atoms with E-state index in [0.717, 1.165) is 80.6 Å². The second-order valence-electron chi connectivity index (χ2n) is 12.3. The Kier molecular flexibility index (Phi) is 7.43. The van der Waals surface area contributed by atoms with Gasteiger partial charge in [-0.1, -0.05) is 25.0 Å². The largest absolute Gasteiger partial charge is 0.493 e. The number of rotatable bonds is 8. The summed E-state index contributed by atoms with van der Waals surface area (Å²) in [4.78, 5) is 14.5. The van der Waals surface area contributed by atoms with Crippen LogP contribution in [0.4, 0.5) is 5.69 Å². The van der Waals surface area contributed by atoms with Crippen LogP contribution in [-0.2, 0) is 4.79 Å². The Hall–Kier alpha value is -1.97. The Morgan fingerprint density at radius 3 is 2.64 bits per heavy atom. The number of allylic oxidation sites excluding steroid dienone is 2. The molecule has 0 bridgehead atoms. The molecule has 2 saturated carbocycles. The third-order valence-corrected chi connectivity index (χ3v) is 10.7. The molecule has 4 nitrogen and oxygen atoms in total. The zero-order chi connectivity index (χ0) is 25.4. The van der Waals surface area contributed by atoms with Crippen LogP contribution in [0.2, 0.25) is 0 Å². The van der Waals surface area contributed by atoms with E-state index in [1.54, 1.807) is 12.7 Å². The summed E-state index contributed by atoms with van der Waals surface area (Å²) >= 11 is 0. The van der Waals surface area contributed by atoms with Crippen molar-refractivity contribution < 1.29 is 14.3 Å². The van der Waals surface area contributed by atoms with E-state index in [4.69, 9.17) is 9.47 Å². The Morgan fingerprint density at radius 1 is 1.08 bits per heavy atom. The van der Waals surface area contributed by atoms with E-state index in [0.29, 0.717) is 17.1 Å². The Balaban J connectivity index is 1.24. The van der Waals surface area contributed by atoms with Gasteiger partial charge in [0, 0.05) is 37.7 Å². The Labute approximate surface area is 218 Å². The smallest absolute Gasteiger partial charge is 0.162 e. The summed E-state index contributed by atoms with van der Waals surface area (Å²) in [6, 6.07) is 6.36. The number of hydrogen-bond donors (Lipinski definition) is 0. The number of hydrogen-bond acceptors (Lipinski definition) is 4. The summed E-state index contributed by atoms with van der Waals surface area (Å²) < 4.78 is 12.0. The second kappa shape index (κ2) is 10.4. The van der Waals surface area contributed by atoms with Crippen molar-refractivity contribution in [2.75, 3.05) is 31.7 Å². The monoisotopic (exact) mass is 493 g/mol. The minimum Gasteiger partial charge on any atom is -0.493 e. The van der Waals surface area contributed by atoms with Gasteiger partial charge in [0.15, 0.2) is 11.5 Å². The molecule has 4 aliphatic carbocycles. The number of nitrogens with zero attached hydrogens (tertiary/aromatic N) is 1. The van der Waals surface area contributed by atoms with Crippen LogP contribution in [0.5, 0.6) is 11.5 Å². The van der Waals surface area contributed by atoms with Crippen molar-refractivity contribution in [1.29, 1.82) is 0 Å². The molecule has 5 rings (SSSR count). The van der Waals surface area contributed by atoms with Crippen LogP contribution in [0, 0.1) is 35.0 Å². The van der Waals surface area contributed by atoms with Crippen molar-refractivity contribution in [3.8, 4) is 11.5 Å². The molecular formula is C32H47NO3. The molecule has 5 unspecified atom stereocenters. The number of ether oxygens (including phenoxy) is 2. The van der Waals surface area contributed by atoms with Gasteiger partial charge in [-0.3, -0.25) is 4.79 Å². The summed E-state index contributed by atoms with van der Waals surface area (Å²) in [5, 5.41) is 0. The molecule has 2 fully saturated rings. The zero-order valence-corrected chi connectivity index (χ0v) is 23.3. The molecule has 0 N–H and O–H groups in total. The first-order valence-corrected chi connectivity index (χ1v) is 14.7. The molecule has 0 heterocycles. The number of Topliss-reactive ketones (excluding diaryl/α,β-unsaturated/α-hetero) is 1. The average molecular weight is 494 g/mol. The fourth-order valence-corrected chi connectivity index (χ4v) is 8.92. The maximum Gasteiger partial charge on any atom is 0.162 e. The van der Waals surface area contributed by atoms with E-state index < -0.39 is 0 Å². The molecule has 0 radical (unpaired) electrons. The highest BCUT2D eigenvalue weighted by Gasteiger charge is 2.56. The second-order valence-corrected chi connectivity index (χ2v) is 12.3. The predicted molar refractivity (Wildman–Crippen MR) is 147 cm³/mol. The normalized spacial score (nSPS) is 33.6. The topological polar surface area (TPSA) is 38.8 Å². The molecule has 0 spiro atoms. The minimum atomic E-state index is 0.429. The summed E-state index contributed by atoms with van der Waals surface area (Å²) in [6.45, 7) is 12.2. The molecular weight excluding hydrogens is 446 g/mol. The molecule has 1 aromatic carbocycles. The van der Waals surface area contributed by atoms with Gasteiger partial charge >= 0.3 is 0 Å². The highest BCUT2D eigenvalue weighted by molar-refractivity contribution is 5.82. The molecule has 36 heavy (non-hydrogen) atoms. The van der Waals surface area contributed by atoms with Gasteiger partial charge in [0.25, 0.3) is 0 Å². The van der Waals surface area contributed by atoms with E-state index in [1.807, 2.05) is 0 Å². The fraction of sp³-hybridized carbons (Fsp3) is 0.719. The van der Waals surface area contributed by atoms with Crippen LogP contribution >= 0.6 is 0 Å². The number of anilines is 1. The van der Waals surface area contributed by atoms with Gasteiger partial charge in [0.1, 0.15) is 5.78 Å². The first-order chi connectivity index (χ1) is 17.4. The first-order valence-electron chi connectivity index (χ1n) is 14.7. The van der Waals surface area contributed by atoms with Gasteiger partial charge in [0.05, 0.1) is 13.7 Å². The lowest BCUT2D eigenvalue weighted by Crippen LogP contribution is -2.47. The molecule has 0 amide bonds. The zero-order valence-electron chi connectivity index (χ0n) is 23.3. The molecule has 0 saturated heterocycles. The maximum absolute atomic E-state index is 12.1. The van der Waals surface area contributed by atoms with Crippen LogP contribution in [0.3, 0.4) is 0 Å². The van der Waals surface area contributed by atoms with Crippen molar-refractivity contribution in [3.05, 3.63) is 29.3 Å². The van der Waals surface area contributed by atoms with Crippen molar-refractivity contribution >= 4 is 11.5 Å². The van der Waals surface area contributed by atoms with Gasteiger partial charge in [-0.2, -0.15) is 0 Å². The molecule has 1 aromatic rings. The third kappa shape index (κ3) is 4.47. The molecule has 4 aliphatic rings. The third-order valence-electron chi connectivity index (χ3n) is 10.7. The predicted octanol–water partition coefficient (Wildman–Crippen LogP) is 7.46. The lowest BCUT2D eigenvalue weighted by Gasteiger charge is -2.54. The van der Waals surface area contributed by atoms with Crippen molar-refractivity contribution in [2.24, 2.45) is 35.0 Å². The highest BCUT2D eigenvalue weighted by atomic mass is 16.5.